The number of nitrogens with zero attached hydrogens (tertiary/aromatic N) is 1. The summed E-state index contributed by atoms with van der Waals surface area (Å²) in [5, 5.41) is 0. The van der Waals surface area contributed by atoms with E-state index >= 15 is 0 Å². The van der Waals surface area contributed by atoms with Crippen molar-refractivity contribution >= 4 is 11.9 Å². The van der Waals surface area contributed by atoms with E-state index in [-0.39, 0.29) is 24.3 Å². The van der Waals surface area contributed by atoms with Crippen molar-refractivity contribution in [2.75, 3.05) is 13.7 Å². The standard InChI is InChI=1S/C21H23NO3/c1-25-20(23)15-19-9-5-6-14-22(19)21(24)18-12-10-17(11-13-18)16-7-3-2-4-8-16/h2-4,7-8,10-13,19H,5-6,9,14-15H2,1H3. The molecule has 0 spiro atoms. The molecule has 1 heterocycles. The van der Waals surface area contributed by atoms with Crippen molar-refractivity contribution in [2.24, 2.45) is 0 Å². The van der Waals surface area contributed by atoms with Crippen LogP contribution in [0.4, 0.5) is 0 Å². The molecular formula is C21H23NO3. The highest BCUT2D eigenvalue weighted by Crippen LogP contribution is 2.24. The Kier molecular flexibility index (Phi) is 5.49. The molecule has 3 rings (SSSR count). The number of hydrogen-bond acceptors (Lipinski definition) is 3. The molecule has 0 saturated carbocycles. The fourth-order valence-corrected chi connectivity index (χ4v) is 3.36. The Morgan fingerprint density at radius 2 is 1.68 bits per heavy atom. The minimum Gasteiger partial charge on any atom is -0.469 e. The van der Waals surface area contributed by atoms with Gasteiger partial charge in [-0.05, 0) is 42.5 Å². The first kappa shape index (κ1) is 17.2. The van der Waals surface area contributed by atoms with Gasteiger partial charge >= 0.3 is 5.97 Å². The zero-order valence-corrected chi connectivity index (χ0v) is 14.5. The fraction of sp³-hybridized carbons (Fsp3) is 0.333. The second-order valence-electron chi connectivity index (χ2n) is 6.37. The Labute approximate surface area is 148 Å². The van der Waals surface area contributed by atoms with E-state index in [2.05, 4.69) is 0 Å². The quantitative estimate of drug-likeness (QED) is 0.795. The summed E-state index contributed by atoms with van der Waals surface area (Å²) >= 11 is 0. The minimum absolute atomic E-state index is 0.00628. The van der Waals surface area contributed by atoms with Crippen LogP contribution in [0.3, 0.4) is 0 Å². The van der Waals surface area contributed by atoms with Gasteiger partial charge in [0, 0.05) is 18.2 Å². The predicted molar refractivity (Wildman–Crippen MR) is 97.2 cm³/mol. The summed E-state index contributed by atoms with van der Waals surface area (Å²) in [6, 6.07) is 17.7. The van der Waals surface area contributed by atoms with Gasteiger partial charge in [0.15, 0.2) is 0 Å². The van der Waals surface area contributed by atoms with Gasteiger partial charge in [0.2, 0.25) is 0 Å². The van der Waals surface area contributed by atoms with Crippen LogP contribution in [0.5, 0.6) is 0 Å². The average molecular weight is 337 g/mol. The lowest BCUT2D eigenvalue weighted by Gasteiger charge is -2.35. The number of carbonyl (C=O) groups excluding carboxylic acids is 2. The van der Waals surface area contributed by atoms with Crippen LogP contribution in [0.1, 0.15) is 36.0 Å². The molecule has 4 nitrogen and oxygen atoms in total. The molecule has 2 aromatic rings. The molecule has 0 N–H and O–H groups in total. The average Bonchev–Trinajstić information content (AvgIpc) is 2.68. The molecule has 0 aromatic heterocycles. The Balaban J connectivity index is 1.76. The SMILES string of the molecule is COC(=O)CC1CCCCN1C(=O)c1ccc(-c2ccccc2)cc1. The Hall–Kier alpha value is -2.62. The molecule has 4 heteroatoms. The van der Waals surface area contributed by atoms with E-state index in [1.807, 2.05) is 59.5 Å². The van der Waals surface area contributed by atoms with Crippen LogP contribution in [0, 0.1) is 0 Å². The van der Waals surface area contributed by atoms with Gasteiger partial charge in [-0.2, -0.15) is 0 Å². The number of benzene rings is 2. The number of piperidine rings is 1. The van der Waals surface area contributed by atoms with Crippen LogP contribution in [0.2, 0.25) is 0 Å². The zero-order valence-electron chi connectivity index (χ0n) is 14.5. The summed E-state index contributed by atoms with van der Waals surface area (Å²) in [7, 11) is 1.39. The maximum Gasteiger partial charge on any atom is 0.307 e. The molecule has 130 valence electrons. The van der Waals surface area contributed by atoms with Gasteiger partial charge in [-0.25, -0.2) is 0 Å². The third-order valence-electron chi connectivity index (χ3n) is 4.76. The topological polar surface area (TPSA) is 46.6 Å². The third-order valence-corrected chi connectivity index (χ3v) is 4.76. The summed E-state index contributed by atoms with van der Waals surface area (Å²) in [5.41, 5.74) is 2.88. The van der Waals surface area contributed by atoms with Crippen LogP contribution in [-0.2, 0) is 9.53 Å². The molecule has 1 amide bonds. The maximum atomic E-state index is 12.9. The largest absolute Gasteiger partial charge is 0.469 e. The molecule has 1 fully saturated rings. The van der Waals surface area contributed by atoms with Gasteiger partial charge < -0.3 is 9.64 Å². The summed E-state index contributed by atoms with van der Waals surface area (Å²) < 4.78 is 4.77. The Morgan fingerprint density at radius 1 is 1.00 bits per heavy atom. The van der Waals surface area contributed by atoms with Gasteiger partial charge in [0.05, 0.1) is 13.5 Å². The van der Waals surface area contributed by atoms with Crippen LogP contribution in [-0.4, -0.2) is 36.5 Å². The van der Waals surface area contributed by atoms with E-state index in [1.54, 1.807) is 0 Å². The molecule has 1 aliphatic heterocycles. The van der Waals surface area contributed by atoms with Crippen molar-refractivity contribution in [1.82, 2.24) is 4.90 Å². The van der Waals surface area contributed by atoms with Crippen LogP contribution >= 0.6 is 0 Å². The van der Waals surface area contributed by atoms with E-state index in [0.29, 0.717) is 12.1 Å². The van der Waals surface area contributed by atoms with Crippen molar-refractivity contribution in [3.05, 3.63) is 60.2 Å². The van der Waals surface area contributed by atoms with Gasteiger partial charge in [-0.3, -0.25) is 9.59 Å². The summed E-state index contributed by atoms with van der Waals surface area (Å²) in [6.45, 7) is 0.695. The van der Waals surface area contributed by atoms with E-state index in [0.717, 1.165) is 30.4 Å². The summed E-state index contributed by atoms with van der Waals surface area (Å²) in [6.07, 6.45) is 3.14. The first-order chi connectivity index (χ1) is 12.2. The first-order valence-electron chi connectivity index (χ1n) is 8.72. The minimum atomic E-state index is -0.260. The second-order valence-corrected chi connectivity index (χ2v) is 6.37. The van der Waals surface area contributed by atoms with Crippen molar-refractivity contribution in [3.63, 3.8) is 0 Å². The number of rotatable bonds is 4. The normalized spacial score (nSPS) is 17.2. The number of ether oxygens (including phenoxy) is 1. The predicted octanol–water partition coefficient (Wildman–Crippen LogP) is 3.91. The lowest BCUT2D eigenvalue weighted by atomic mass is 9.97. The number of likely N-dealkylation sites (tertiary alicyclic amines) is 1. The number of hydrogen-bond donors (Lipinski definition) is 0. The van der Waals surface area contributed by atoms with Crippen LogP contribution in [0.25, 0.3) is 11.1 Å². The molecule has 1 unspecified atom stereocenters. The number of carbonyl (C=O) groups is 2. The highest BCUT2D eigenvalue weighted by Gasteiger charge is 2.29. The lowest BCUT2D eigenvalue weighted by Crippen LogP contribution is -2.44. The number of esters is 1. The van der Waals surface area contributed by atoms with Gasteiger partial charge in [0.1, 0.15) is 0 Å². The summed E-state index contributed by atoms with van der Waals surface area (Å²) in [5.74, 6) is -0.266. The number of amides is 1. The molecule has 1 saturated heterocycles. The van der Waals surface area contributed by atoms with Crippen molar-refractivity contribution in [2.45, 2.75) is 31.7 Å². The van der Waals surface area contributed by atoms with E-state index in [9.17, 15) is 9.59 Å². The molecule has 0 aliphatic carbocycles. The van der Waals surface area contributed by atoms with Crippen molar-refractivity contribution in [1.29, 1.82) is 0 Å². The molecule has 2 aromatic carbocycles. The first-order valence-corrected chi connectivity index (χ1v) is 8.72. The van der Waals surface area contributed by atoms with Gasteiger partial charge in [0.25, 0.3) is 5.91 Å². The van der Waals surface area contributed by atoms with Gasteiger partial charge in [-0.1, -0.05) is 42.5 Å². The fourth-order valence-electron chi connectivity index (χ4n) is 3.36. The second kappa shape index (κ2) is 7.97. The van der Waals surface area contributed by atoms with E-state index < -0.39 is 0 Å². The number of methoxy groups -OCH3 is 1. The highest BCUT2D eigenvalue weighted by molar-refractivity contribution is 5.95. The van der Waals surface area contributed by atoms with Crippen LogP contribution < -0.4 is 0 Å². The highest BCUT2D eigenvalue weighted by atomic mass is 16.5. The molecule has 0 radical (unpaired) electrons. The lowest BCUT2D eigenvalue weighted by molar-refractivity contribution is -0.142. The van der Waals surface area contributed by atoms with E-state index in [1.165, 1.54) is 7.11 Å². The smallest absolute Gasteiger partial charge is 0.307 e. The van der Waals surface area contributed by atoms with Crippen molar-refractivity contribution in [3.8, 4) is 11.1 Å². The molecular weight excluding hydrogens is 314 g/mol. The summed E-state index contributed by atoms with van der Waals surface area (Å²) in [4.78, 5) is 26.4. The maximum absolute atomic E-state index is 12.9. The molecule has 1 aliphatic rings. The van der Waals surface area contributed by atoms with Crippen molar-refractivity contribution < 1.29 is 14.3 Å². The van der Waals surface area contributed by atoms with E-state index in [4.69, 9.17) is 4.74 Å². The molecule has 25 heavy (non-hydrogen) atoms. The zero-order chi connectivity index (χ0) is 17.6. The monoisotopic (exact) mass is 337 g/mol. The molecule has 0 bridgehead atoms. The van der Waals surface area contributed by atoms with Gasteiger partial charge in [-0.15, -0.1) is 0 Å². The Morgan fingerprint density at radius 3 is 2.36 bits per heavy atom. The third kappa shape index (κ3) is 4.08. The van der Waals surface area contributed by atoms with Crippen LogP contribution in [0.15, 0.2) is 54.6 Å². The molecule has 1 atom stereocenters. The Bertz CT molecular complexity index is 725.